The molecule has 3 atom stereocenters. The molecule has 122 valence electrons. The zero-order chi connectivity index (χ0) is 14.7. The Hall–Kier alpha value is 0.280. The summed E-state index contributed by atoms with van der Waals surface area (Å²) in [6.07, 6.45) is 16.9. The van der Waals surface area contributed by atoms with Crippen LogP contribution in [0.2, 0.25) is 0 Å². The van der Waals surface area contributed by atoms with Crippen molar-refractivity contribution in [2.75, 3.05) is 0 Å². The third-order valence-corrected chi connectivity index (χ3v) is 10.2. The van der Waals surface area contributed by atoms with Crippen LogP contribution in [0.4, 0.5) is 4.39 Å². The van der Waals surface area contributed by atoms with E-state index in [1.807, 2.05) is 0 Å². The molecule has 3 fully saturated rings. The molecule has 3 rings (SSSR count). The molecule has 0 amide bonds. The fourth-order valence-electron chi connectivity index (χ4n) is 5.08. The molecule has 0 N–H and O–H groups in total. The normalized spacial score (nSPS) is 40.9. The lowest BCUT2D eigenvalue weighted by Crippen LogP contribution is -2.46. The van der Waals surface area contributed by atoms with E-state index in [1.54, 1.807) is 0 Å². The van der Waals surface area contributed by atoms with Crippen LogP contribution < -0.4 is 0 Å². The summed E-state index contributed by atoms with van der Waals surface area (Å²) in [6.45, 7) is 2.52. The summed E-state index contributed by atoms with van der Waals surface area (Å²) >= 11 is 0. The molecule has 2 heteroatoms. The highest BCUT2D eigenvalue weighted by molar-refractivity contribution is 7.98. The molecule has 0 heterocycles. The molecule has 0 spiro atoms. The highest BCUT2D eigenvalue weighted by atomic mass is 32.2. The Morgan fingerprint density at radius 1 is 0.667 bits per heavy atom. The van der Waals surface area contributed by atoms with Gasteiger partial charge in [0.05, 0.1) is 0 Å². The lowest BCUT2D eigenvalue weighted by atomic mass is 9.90. The first-order valence-electron chi connectivity index (χ1n) is 9.60. The zero-order valence-corrected chi connectivity index (χ0v) is 14.7. The first-order valence-corrected chi connectivity index (χ1v) is 11.0. The Balaban J connectivity index is 1.72. The standard InChI is InChI=1S/C19H34FS/c1-15-7-5-6-10-19(15)21(17-8-3-2-4-9-17)18-13-11-16(20)12-14-18/h15-19H,2-14H2,1H3/q+1. The molecule has 0 nitrogen and oxygen atoms in total. The van der Waals surface area contributed by atoms with Gasteiger partial charge in [-0.25, -0.2) is 4.39 Å². The van der Waals surface area contributed by atoms with Crippen LogP contribution in [0.25, 0.3) is 0 Å². The van der Waals surface area contributed by atoms with Gasteiger partial charge in [-0.1, -0.05) is 19.8 Å². The zero-order valence-electron chi connectivity index (χ0n) is 13.9. The molecule has 3 saturated carbocycles. The maximum absolute atomic E-state index is 13.6. The Labute approximate surface area is 134 Å². The molecule has 3 unspecified atom stereocenters. The van der Waals surface area contributed by atoms with E-state index in [1.165, 1.54) is 70.6 Å². The van der Waals surface area contributed by atoms with Crippen LogP contribution in [0.5, 0.6) is 0 Å². The van der Waals surface area contributed by atoms with Crippen LogP contribution in [0.1, 0.15) is 90.4 Å². The van der Waals surface area contributed by atoms with Gasteiger partial charge in [-0.2, -0.15) is 0 Å². The highest BCUT2D eigenvalue weighted by Crippen LogP contribution is 2.42. The van der Waals surface area contributed by atoms with Crippen LogP contribution in [-0.2, 0) is 10.9 Å². The minimum absolute atomic E-state index is 0.484. The number of hydrogen-bond acceptors (Lipinski definition) is 0. The van der Waals surface area contributed by atoms with Gasteiger partial charge in [0.1, 0.15) is 21.9 Å². The fraction of sp³-hybridized carbons (Fsp3) is 1.00. The maximum atomic E-state index is 13.6. The Bertz CT molecular complexity index is 305. The van der Waals surface area contributed by atoms with E-state index >= 15 is 0 Å². The summed E-state index contributed by atoms with van der Waals surface area (Å²) in [5.74, 6) is 0.937. The Morgan fingerprint density at radius 2 is 1.24 bits per heavy atom. The third-order valence-electron chi connectivity index (χ3n) is 6.31. The van der Waals surface area contributed by atoms with E-state index in [0.717, 1.165) is 34.5 Å². The van der Waals surface area contributed by atoms with Crippen LogP contribution in [0.3, 0.4) is 0 Å². The first kappa shape index (κ1) is 16.1. The van der Waals surface area contributed by atoms with Crippen molar-refractivity contribution < 1.29 is 4.39 Å². The van der Waals surface area contributed by atoms with Gasteiger partial charge < -0.3 is 0 Å². The maximum Gasteiger partial charge on any atom is 0.121 e. The van der Waals surface area contributed by atoms with Crippen LogP contribution in [0, 0.1) is 5.92 Å². The third kappa shape index (κ3) is 3.98. The SMILES string of the molecule is CC1CCCCC1[S+](C1CCCCC1)C1CCC(F)CC1. The second-order valence-corrected chi connectivity index (χ2v) is 10.6. The Kier molecular flexibility index (Phi) is 5.92. The summed E-state index contributed by atoms with van der Waals surface area (Å²) in [4.78, 5) is 0. The molecule has 3 aliphatic rings. The predicted molar refractivity (Wildman–Crippen MR) is 92.8 cm³/mol. The van der Waals surface area contributed by atoms with Crippen LogP contribution >= 0.6 is 0 Å². The van der Waals surface area contributed by atoms with Crippen molar-refractivity contribution in [1.29, 1.82) is 0 Å². The number of hydrogen-bond donors (Lipinski definition) is 0. The predicted octanol–water partition coefficient (Wildman–Crippen LogP) is 5.80. The largest absolute Gasteiger partial charge is 0.247 e. The van der Waals surface area contributed by atoms with Crippen molar-refractivity contribution in [2.45, 2.75) is 112 Å². The molecular formula is C19H34FS+. The van der Waals surface area contributed by atoms with Crippen molar-refractivity contribution in [1.82, 2.24) is 0 Å². The molecule has 3 aliphatic carbocycles. The van der Waals surface area contributed by atoms with Gasteiger partial charge in [-0.3, -0.25) is 0 Å². The summed E-state index contributed by atoms with van der Waals surface area (Å²) in [7, 11) is 0.605. The molecule has 0 aromatic rings. The van der Waals surface area contributed by atoms with Gasteiger partial charge in [0.2, 0.25) is 0 Å². The number of alkyl halides is 1. The Morgan fingerprint density at radius 3 is 1.90 bits per heavy atom. The molecule has 0 bridgehead atoms. The summed E-state index contributed by atoms with van der Waals surface area (Å²) in [5, 5.41) is 2.87. The van der Waals surface area contributed by atoms with Gasteiger partial charge in [-0.05, 0) is 81.5 Å². The quantitative estimate of drug-likeness (QED) is 0.578. The van der Waals surface area contributed by atoms with E-state index in [9.17, 15) is 4.39 Å². The van der Waals surface area contributed by atoms with Crippen LogP contribution in [0.15, 0.2) is 0 Å². The molecular weight excluding hydrogens is 279 g/mol. The summed E-state index contributed by atoms with van der Waals surface area (Å²) in [5.41, 5.74) is 0. The second kappa shape index (κ2) is 7.70. The van der Waals surface area contributed by atoms with Crippen molar-refractivity contribution in [3.8, 4) is 0 Å². The van der Waals surface area contributed by atoms with Gasteiger partial charge >= 0.3 is 0 Å². The lowest BCUT2D eigenvalue weighted by molar-refractivity contribution is 0.253. The van der Waals surface area contributed by atoms with E-state index in [0.29, 0.717) is 10.9 Å². The van der Waals surface area contributed by atoms with Crippen molar-refractivity contribution in [3.63, 3.8) is 0 Å². The van der Waals surface area contributed by atoms with Crippen molar-refractivity contribution in [3.05, 3.63) is 0 Å². The molecule has 21 heavy (non-hydrogen) atoms. The molecule has 0 aromatic heterocycles. The molecule has 0 aliphatic heterocycles. The highest BCUT2D eigenvalue weighted by Gasteiger charge is 2.48. The fourth-order valence-corrected chi connectivity index (χ4v) is 9.42. The topological polar surface area (TPSA) is 0 Å². The lowest BCUT2D eigenvalue weighted by Gasteiger charge is -2.39. The van der Waals surface area contributed by atoms with E-state index in [-0.39, 0.29) is 0 Å². The first-order chi connectivity index (χ1) is 10.3. The van der Waals surface area contributed by atoms with Crippen molar-refractivity contribution in [2.24, 2.45) is 5.92 Å². The minimum atomic E-state index is -0.484. The second-order valence-electron chi connectivity index (χ2n) is 7.84. The minimum Gasteiger partial charge on any atom is -0.247 e. The summed E-state index contributed by atoms with van der Waals surface area (Å²) < 4.78 is 13.6. The van der Waals surface area contributed by atoms with E-state index in [4.69, 9.17) is 0 Å². The van der Waals surface area contributed by atoms with Crippen molar-refractivity contribution >= 4 is 10.9 Å². The monoisotopic (exact) mass is 313 g/mol. The number of rotatable bonds is 3. The average Bonchev–Trinajstić information content (AvgIpc) is 2.52. The van der Waals surface area contributed by atoms with E-state index < -0.39 is 6.17 Å². The molecule has 0 aromatic carbocycles. The molecule has 0 radical (unpaired) electrons. The van der Waals surface area contributed by atoms with Gasteiger partial charge in [0, 0.05) is 5.92 Å². The summed E-state index contributed by atoms with van der Waals surface area (Å²) in [6, 6.07) is 0. The average molecular weight is 314 g/mol. The smallest absolute Gasteiger partial charge is 0.121 e. The van der Waals surface area contributed by atoms with Crippen LogP contribution in [-0.4, -0.2) is 21.9 Å². The number of halogens is 1. The van der Waals surface area contributed by atoms with Gasteiger partial charge in [0.25, 0.3) is 0 Å². The van der Waals surface area contributed by atoms with Gasteiger partial charge in [0.15, 0.2) is 0 Å². The molecule has 0 saturated heterocycles. The van der Waals surface area contributed by atoms with E-state index in [2.05, 4.69) is 6.92 Å². The van der Waals surface area contributed by atoms with Gasteiger partial charge in [-0.15, -0.1) is 0 Å².